The second-order valence-electron chi connectivity index (χ2n) is 4.01. The van der Waals surface area contributed by atoms with Crippen molar-refractivity contribution in [2.24, 2.45) is 5.73 Å². The standard InChI is InChI=1S/C11H16N2O2S2/c1-7-4-5-8(2)10(6-7)17(14,15)13-9(3)11(12)16/h4-6,9,13H,1-3H3,(H2,12,16). The van der Waals surface area contributed by atoms with Crippen molar-refractivity contribution in [2.45, 2.75) is 31.7 Å². The Morgan fingerprint density at radius 1 is 1.41 bits per heavy atom. The molecule has 0 fully saturated rings. The number of aryl methyl sites for hydroxylation is 2. The van der Waals surface area contributed by atoms with Crippen LogP contribution in [-0.4, -0.2) is 19.4 Å². The largest absolute Gasteiger partial charge is 0.392 e. The lowest BCUT2D eigenvalue weighted by Crippen LogP contribution is -2.41. The zero-order chi connectivity index (χ0) is 13.2. The Balaban J connectivity index is 3.13. The van der Waals surface area contributed by atoms with Gasteiger partial charge in [-0.25, -0.2) is 13.1 Å². The predicted molar refractivity (Wildman–Crippen MR) is 72.5 cm³/mol. The molecule has 0 aromatic heterocycles. The fourth-order valence-electron chi connectivity index (χ4n) is 1.35. The van der Waals surface area contributed by atoms with Gasteiger partial charge < -0.3 is 5.73 Å². The van der Waals surface area contributed by atoms with Gasteiger partial charge in [0.15, 0.2) is 0 Å². The van der Waals surface area contributed by atoms with Crippen LogP contribution in [0.25, 0.3) is 0 Å². The lowest BCUT2D eigenvalue weighted by molar-refractivity contribution is 0.578. The summed E-state index contributed by atoms with van der Waals surface area (Å²) in [5.41, 5.74) is 6.97. The summed E-state index contributed by atoms with van der Waals surface area (Å²) >= 11 is 4.75. The minimum Gasteiger partial charge on any atom is -0.392 e. The van der Waals surface area contributed by atoms with Crippen LogP contribution in [0.15, 0.2) is 23.1 Å². The number of benzene rings is 1. The molecule has 94 valence electrons. The fourth-order valence-corrected chi connectivity index (χ4v) is 3.04. The molecule has 1 unspecified atom stereocenters. The number of hydrogen-bond acceptors (Lipinski definition) is 3. The summed E-state index contributed by atoms with van der Waals surface area (Å²) in [4.78, 5) is 0.388. The van der Waals surface area contributed by atoms with Crippen molar-refractivity contribution < 1.29 is 8.42 Å². The number of nitrogens with two attached hydrogens (primary N) is 1. The van der Waals surface area contributed by atoms with Gasteiger partial charge in [-0.15, -0.1) is 0 Å². The monoisotopic (exact) mass is 272 g/mol. The highest BCUT2D eigenvalue weighted by molar-refractivity contribution is 7.89. The number of nitrogens with one attached hydrogen (secondary N) is 1. The number of thiocarbonyl (C=S) groups is 1. The zero-order valence-electron chi connectivity index (χ0n) is 10.0. The van der Waals surface area contributed by atoms with Gasteiger partial charge in [-0.1, -0.05) is 24.4 Å². The van der Waals surface area contributed by atoms with E-state index in [-0.39, 0.29) is 9.88 Å². The van der Waals surface area contributed by atoms with Crippen LogP contribution in [0, 0.1) is 13.8 Å². The van der Waals surface area contributed by atoms with Crippen molar-refractivity contribution in [3.05, 3.63) is 29.3 Å². The Labute approximate surface area is 107 Å². The molecular weight excluding hydrogens is 256 g/mol. The summed E-state index contributed by atoms with van der Waals surface area (Å²) in [6.45, 7) is 5.21. The number of sulfonamides is 1. The van der Waals surface area contributed by atoms with Crippen LogP contribution < -0.4 is 10.5 Å². The zero-order valence-corrected chi connectivity index (χ0v) is 11.7. The highest BCUT2D eigenvalue weighted by Gasteiger charge is 2.20. The van der Waals surface area contributed by atoms with E-state index in [0.717, 1.165) is 5.56 Å². The van der Waals surface area contributed by atoms with E-state index in [2.05, 4.69) is 4.72 Å². The van der Waals surface area contributed by atoms with Gasteiger partial charge in [-0.2, -0.15) is 0 Å². The molecule has 17 heavy (non-hydrogen) atoms. The van der Waals surface area contributed by atoms with Crippen LogP contribution in [0.3, 0.4) is 0 Å². The van der Waals surface area contributed by atoms with Crippen molar-refractivity contribution in [3.63, 3.8) is 0 Å². The van der Waals surface area contributed by atoms with Crippen LogP contribution in [0.4, 0.5) is 0 Å². The lowest BCUT2D eigenvalue weighted by Gasteiger charge is -2.14. The molecule has 0 aliphatic heterocycles. The van der Waals surface area contributed by atoms with E-state index < -0.39 is 16.1 Å². The SMILES string of the molecule is Cc1ccc(C)c(S(=O)(=O)NC(C)C(N)=S)c1. The first-order valence-electron chi connectivity index (χ1n) is 5.13. The van der Waals surface area contributed by atoms with E-state index in [1.54, 1.807) is 26.0 Å². The van der Waals surface area contributed by atoms with E-state index in [1.165, 1.54) is 0 Å². The lowest BCUT2D eigenvalue weighted by atomic mass is 10.2. The maximum Gasteiger partial charge on any atom is 0.241 e. The number of hydrogen-bond donors (Lipinski definition) is 2. The average Bonchev–Trinajstić information content (AvgIpc) is 2.20. The molecule has 1 rings (SSSR count). The molecule has 1 aromatic carbocycles. The minimum absolute atomic E-state index is 0.124. The molecule has 0 saturated carbocycles. The van der Waals surface area contributed by atoms with E-state index in [9.17, 15) is 8.42 Å². The Hall–Kier alpha value is -0.980. The molecule has 0 bridgehead atoms. The molecule has 0 heterocycles. The Morgan fingerprint density at radius 3 is 2.53 bits per heavy atom. The summed E-state index contributed by atoms with van der Waals surface area (Å²) in [6, 6.07) is 4.71. The minimum atomic E-state index is -3.58. The second kappa shape index (κ2) is 5.12. The van der Waals surface area contributed by atoms with Gasteiger partial charge in [0.25, 0.3) is 0 Å². The summed E-state index contributed by atoms with van der Waals surface area (Å²) < 4.78 is 26.6. The third kappa shape index (κ3) is 3.49. The molecule has 0 radical (unpaired) electrons. The number of rotatable bonds is 4. The molecule has 0 aliphatic carbocycles. The first-order chi connectivity index (χ1) is 7.74. The predicted octanol–water partition coefficient (Wildman–Crippen LogP) is 1.26. The van der Waals surface area contributed by atoms with Crippen LogP contribution in [0.2, 0.25) is 0 Å². The summed E-state index contributed by atoms with van der Waals surface area (Å²) in [5, 5.41) is 0. The highest BCUT2D eigenvalue weighted by Crippen LogP contribution is 2.16. The van der Waals surface area contributed by atoms with Crippen molar-refractivity contribution in [1.82, 2.24) is 4.72 Å². The molecule has 1 aromatic rings. The van der Waals surface area contributed by atoms with Gasteiger partial charge in [-0.05, 0) is 38.0 Å². The second-order valence-corrected chi connectivity index (χ2v) is 6.17. The van der Waals surface area contributed by atoms with Gasteiger partial charge in [0.1, 0.15) is 0 Å². The Kier molecular flexibility index (Phi) is 4.24. The third-order valence-corrected chi connectivity index (χ3v) is 4.43. The summed E-state index contributed by atoms with van der Waals surface area (Å²) in [5.74, 6) is 0. The van der Waals surface area contributed by atoms with Crippen LogP contribution in [0.5, 0.6) is 0 Å². The highest BCUT2D eigenvalue weighted by atomic mass is 32.2. The molecule has 4 nitrogen and oxygen atoms in total. The van der Waals surface area contributed by atoms with E-state index >= 15 is 0 Å². The first kappa shape index (κ1) is 14.1. The van der Waals surface area contributed by atoms with Crippen LogP contribution >= 0.6 is 12.2 Å². The molecule has 0 amide bonds. The Bertz CT molecular complexity index is 538. The van der Waals surface area contributed by atoms with Gasteiger partial charge in [0.05, 0.1) is 15.9 Å². The van der Waals surface area contributed by atoms with E-state index in [0.29, 0.717) is 5.56 Å². The smallest absolute Gasteiger partial charge is 0.241 e. The average molecular weight is 272 g/mol. The molecule has 3 N–H and O–H groups in total. The van der Waals surface area contributed by atoms with Crippen molar-refractivity contribution >= 4 is 27.2 Å². The van der Waals surface area contributed by atoms with Crippen molar-refractivity contribution in [3.8, 4) is 0 Å². The third-order valence-electron chi connectivity index (χ3n) is 2.39. The quantitative estimate of drug-likeness (QED) is 0.809. The molecule has 0 aliphatic rings. The molecular formula is C11H16N2O2S2. The first-order valence-corrected chi connectivity index (χ1v) is 7.02. The Morgan fingerprint density at radius 2 is 2.00 bits per heavy atom. The topological polar surface area (TPSA) is 72.2 Å². The van der Waals surface area contributed by atoms with Gasteiger partial charge in [0.2, 0.25) is 10.0 Å². The molecule has 0 spiro atoms. The summed E-state index contributed by atoms with van der Waals surface area (Å²) in [7, 11) is -3.58. The van der Waals surface area contributed by atoms with Gasteiger partial charge >= 0.3 is 0 Å². The molecule has 0 saturated heterocycles. The van der Waals surface area contributed by atoms with Crippen molar-refractivity contribution in [1.29, 1.82) is 0 Å². The maximum absolute atomic E-state index is 12.1. The van der Waals surface area contributed by atoms with E-state index in [4.69, 9.17) is 18.0 Å². The van der Waals surface area contributed by atoms with Gasteiger partial charge in [-0.3, -0.25) is 0 Å². The van der Waals surface area contributed by atoms with Gasteiger partial charge in [0, 0.05) is 0 Å². The van der Waals surface area contributed by atoms with Crippen LogP contribution in [-0.2, 0) is 10.0 Å². The normalized spacial score (nSPS) is 13.4. The summed E-state index contributed by atoms with van der Waals surface area (Å²) in [6.07, 6.45) is 0. The molecule has 6 heteroatoms. The van der Waals surface area contributed by atoms with Crippen molar-refractivity contribution in [2.75, 3.05) is 0 Å². The van der Waals surface area contributed by atoms with Crippen LogP contribution in [0.1, 0.15) is 18.1 Å². The maximum atomic E-state index is 12.1. The molecule has 1 atom stereocenters. The fraction of sp³-hybridized carbons (Fsp3) is 0.364. The van der Waals surface area contributed by atoms with E-state index in [1.807, 2.05) is 13.0 Å².